The molecule has 0 bridgehead atoms. The molecule has 2 unspecified atom stereocenters. The van der Waals surface area contributed by atoms with Gasteiger partial charge in [-0.15, -0.1) is 0 Å². The highest BCUT2D eigenvalue weighted by Gasteiger charge is 2.41. The lowest BCUT2D eigenvalue weighted by atomic mass is 9.69. The molecule has 0 saturated heterocycles. The van der Waals surface area contributed by atoms with Crippen LogP contribution in [-0.4, -0.2) is 0 Å². The van der Waals surface area contributed by atoms with Crippen molar-refractivity contribution < 1.29 is 0 Å². The summed E-state index contributed by atoms with van der Waals surface area (Å²) >= 11 is 0. The Hall–Kier alpha value is -3.64. The van der Waals surface area contributed by atoms with Gasteiger partial charge < -0.3 is 0 Å². The summed E-state index contributed by atoms with van der Waals surface area (Å²) in [5.41, 5.74) is 18.7. The lowest BCUT2D eigenvalue weighted by Gasteiger charge is -2.34. The first kappa shape index (κ1) is 27.9. The van der Waals surface area contributed by atoms with Gasteiger partial charge in [0, 0.05) is 11.8 Å². The molecule has 0 heteroatoms. The maximum atomic E-state index is 4.74. The summed E-state index contributed by atoms with van der Waals surface area (Å²) in [5.74, 6) is 0.582. The van der Waals surface area contributed by atoms with E-state index < -0.39 is 0 Å². The highest BCUT2D eigenvalue weighted by atomic mass is 14.4. The van der Waals surface area contributed by atoms with Gasteiger partial charge in [0.25, 0.3) is 0 Å². The highest BCUT2D eigenvalue weighted by molar-refractivity contribution is 5.77. The van der Waals surface area contributed by atoms with E-state index in [1.807, 2.05) is 0 Å². The number of rotatable bonds is 8. The monoisotopic (exact) mass is 524 g/mol. The van der Waals surface area contributed by atoms with Crippen molar-refractivity contribution in [1.82, 2.24) is 0 Å². The number of hydrogen-bond donors (Lipinski definition) is 0. The zero-order chi connectivity index (χ0) is 28.6. The molecule has 0 spiro atoms. The van der Waals surface area contributed by atoms with Crippen LogP contribution in [0.15, 0.2) is 126 Å². The predicted octanol–water partition coefficient (Wildman–Crippen LogP) is 11.2. The summed E-state index contributed by atoms with van der Waals surface area (Å²) in [6.07, 6.45) is 14.6. The second-order valence-corrected chi connectivity index (χ2v) is 12.0. The number of allylic oxidation sites excluding steroid dienone is 13. The summed E-state index contributed by atoms with van der Waals surface area (Å²) in [7, 11) is 0. The van der Waals surface area contributed by atoms with Crippen LogP contribution >= 0.6 is 0 Å². The fraction of sp³-hybridized carbons (Fsp3) is 0.300. The van der Waals surface area contributed by atoms with Gasteiger partial charge in [-0.05, 0) is 114 Å². The molecule has 5 rings (SSSR count). The van der Waals surface area contributed by atoms with E-state index in [1.54, 1.807) is 0 Å². The van der Waals surface area contributed by atoms with Gasteiger partial charge in [-0.2, -0.15) is 0 Å². The first-order chi connectivity index (χ1) is 19.2. The summed E-state index contributed by atoms with van der Waals surface area (Å²) in [5, 5.41) is 0. The van der Waals surface area contributed by atoms with Gasteiger partial charge in [-0.3, -0.25) is 0 Å². The van der Waals surface area contributed by atoms with Crippen molar-refractivity contribution in [2.45, 2.75) is 72.6 Å². The van der Waals surface area contributed by atoms with Crippen molar-refractivity contribution in [3.8, 4) is 0 Å². The minimum Gasteiger partial charge on any atom is -0.0955 e. The normalized spacial score (nSPS) is 21.4. The van der Waals surface area contributed by atoms with Gasteiger partial charge in [-0.1, -0.05) is 117 Å². The van der Waals surface area contributed by atoms with Crippen LogP contribution in [0.2, 0.25) is 0 Å². The molecule has 0 aliphatic heterocycles. The predicted molar refractivity (Wildman–Crippen MR) is 175 cm³/mol. The van der Waals surface area contributed by atoms with Gasteiger partial charge in [0.15, 0.2) is 0 Å². The van der Waals surface area contributed by atoms with Crippen LogP contribution in [0.5, 0.6) is 0 Å². The molecule has 0 aromatic heterocycles. The Morgan fingerprint density at radius 1 is 0.950 bits per heavy atom. The fourth-order valence-corrected chi connectivity index (χ4v) is 6.94. The van der Waals surface area contributed by atoms with Crippen molar-refractivity contribution in [2.75, 3.05) is 0 Å². The van der Waals surface area contributed by atoms with E-state index >= 15 is 0 Å². The van der Waals surface area contributed by atoms with Crippen molar-refractivity contribution in [3.63, 3.8) is 0 Å². The largest absolute Gasteiger partial charge is 0.0955 e. The van der Waals surface area contributed by atoms with Crippen LogP contribution in [0, 0.1) is 12.8 Å². The minimum atomic E-state index is 0.280. The molecule has 0 heterocycles. The first-order valence-corrected chi connectivity index (χ1v) is 15.0. The molecule has 1 saturated carbocycles. The maximum absolute atomic E-state index is 4.74. The van der Waals surface area contributed by atoms with E-state index in [0.717, 1.165) is 37.7 Å². The van der Waals surface area contributed by atoms with Crippen LogP contribution in [0.3, 0.4) is 0 Å². The second-order valence-electron chi connectivity index (χ2n) is 12.0. The Morgan fingerprint density at radius 2 is 1.70 bits per heavy atom. The summed E-state index contributed by atoms with van der Waals surface area (Å²) < 4.78 is 0. The van der Waals surface area contributed by atoms with Crippen molar-refractivity contribution in [1.29, 1.82) is 0 Å². The number of fused-ring (bicyclic) bond motifs is 1. The summed E-state index contributed by atoms with van der Waals surface area (Å²) in [4.78, 5) is 0. The third-order valence-electron chi connectivity index (χ3n) is 9.05. The zero-order valence-electron chi connectivity index (χ0n) is 25.2. The molecule has 40 heavy (non-hydrogen) atoms. The Balaban J connectivity index is 1.43. The molecular weight excluding hydrogens is 480 g/mol. The van der Waals surface area contributed by atoms with Gasteiger partial charge in [0.2, 0.25) is 0 Å². The molecule has 3 aliphatic rings. The lowest BCUT2D eigenvalue weighted by Crippen LogP contribution is -2.21. The lowest BCUT2D eigenvalue weighted by molar-refractivity contribution is 0.619. The number of benzene rings is 2. The average Bonchev–Trinajstić information content (AvgIpc) is 3.52. The van der Waals surface area contributed by atoms with E-state index in [4.69, 9.17) is 6.58 Å². The van der Waals surface area contributed by atoms with Gasteiger partial charge >= 0.3 is 0 Å². The SMILES string of the molecule is C=C(CCC)C1=C(C)C=C2CC(=CC3=CC=C(c4ccc(C)c(C(=C)C)c4)C3)C(=C)C2C1c1ccc(CC)cc1. The fourth-order valence-electron chi connectivity index (χ4n) is 6.94. The minimum absolute atomic E-state index is 0.280. The van der Waals surface area contributed by atoms with E-state index in [0.29, 0.717) is 5.92 Å². The van der Waals surface area contributed by atoms with E-state index in [1.165, 1.54) is 72.4 Å². The number of aryl methyl sites for hydroxylation is 2. The van der Waals surface area contributed by atoms with E-state index in [-0.39, 0.29) is 5.92 Å². The maximum Gasteiger partial charge on any atom is 0.0201 e. The molecule has 2 atom stereocenters. The van der Waals surface area contributed by atoms with Gasteiger partial charge in [0.1, 0.15) is 0 Å². The third kappa shape index (κ3) is 5.25. The van der Waals surface area contributed by atoms with Crippen LogP contribution in [0.1, 0.15) is 87.1 Å². The zero-order valence-corrected chi connectivity index (χ0v) is 25.2. The molecular formula is C40H44. The Labute approximate surface area is 242 Å². The van der Waals surface area contributed by atoms with Crippen molar-refractivity contribution in [3.05, 3.63) is 153 Å². The Kier molecular flexibility index (Phi) is 7.99. The third-order valence-corrected chi connectivity index (χ3v) is 9.05. The van der Waals surface area contributed by atoms with Gasteiger partial charge in [0.05, 0.1) is 0 Å². The molecule has 3 aliphatic carbocycles. The highest BCUT2D eigenvalue weighted by Crippen LogP contribution is 2.55. The van der Waals surface area contributed by atoms with Crippen LogP contribution in [0.25, 0.3) is 11.1 Å². The summed E-state index contributed by atoms with van der Waals surface area (Å²) in [6.45, 7) is 24.5. The van der Waals surface area contributed by atoms with Crippen LogP contribution in [-0.2, 0) is 6.42 Å². The topological polar surface area (TPSA) is 0 Å². The van der Waals surface area contributed by atoms with Crippen LogP contribution < -0.4 is 0 Å². The molecule has 0 amide bonds. The van der Waals surface area contributed by atoms with Crippen molar-refractivity contribution in [2.24, 2.45) is 5.92 Å². The molecule has 2 aromatic rings. The van der Waals surface area contributed by atoms with Gasteiger partial charge in [-0.25, -0.2) is 0 Å². The van der Waals surface area contributed by atoms with Crippen LogP contribution in [0.4, 0.5) is 0 Å². The molecule has 204 valence electrons. The standard InChI is InChI=1S/C40H44/c1-9-11-27(6)38-28(7)20-36-23-35(29(8)39(36)40(38)32-17-13-30(10-2)14-18-32)22-31-15-19-33(21-31)34-16-12-26(5)37(24-34)25(3)4/h12-20,22,24,39-40H,3,6,8-11,21,23H2,1-2,4-5,7H3. The molecule has 0 N–H and O–H groups in total. The molecule has 2 aromatic carbocycles. The molecule has 1 fully saturated rings. The quantitative estimate of drug-likeness (QED) is 0.322. The number of hydrogen-bond acceptors (Lipinski definition) is 0. The smallest absolute Gasteiger partial charge is 0.0201 e. The average molecular weight is 525 g/mol. The molecule has 0 radical (unpaired) electrons. The van der Waals surface area contributed by atoms with E-state index in [9.17, 15) is 0 Å². The second kappa shape index (κ2) is 11.5. The Bertz CT molecular complexity index is 1540. The molecule has 0 nitrogen and oxygen atoms in total. The summed E-state index contributed by atoms with van der Waals surface area (Å²) in [6, 6.07) is 16.1. The Morgan fingerprint density at radius 3 is 2.38 bits per heavy atom. The van der Waals surface area contributed by atoms with E-state index in [2.05, 4.69) is 115 Å². The van der Waals surface area contributed by atoms with Crippen molar-refractivity contribution >= 4 is 11.1 Å². The first-order valence-electron chi connectivity index (χ1n) is 15.0.